The van der Waals surface area contributed by atoms with Crippen LogP contribution in [0.2, 0.25) is 18.1 Å². The van der Waals surface area contributed by atoms with E-state index in [0.29, 0.717) is 6.42 Å². The molecule has 6 nitrogen and oxygen atoms in total. The molecule has 0 spiro atoms. The first-order valence-electron chi connectivity index (χ1n) is 9.99. The number of rotatable bonds is 3. The summed E-state index contributed by atoms with van der Waals surface area (Å²) in [6, 6.07) is -0.245. The second-order valence-electron chi connectivity index (χ2n) is 10.4. The Morgan fingerprint density at radius 1 is 0.963 bits per heavy atom. The highest BCUT2D eigenvalue weighted by Crippen LogP contribution is 2.44. The van der Waals surface area contributed by atoms with Gasteiger partial charge >= 0.3 is 12.1 Å². The van der Waals surface area contributed by atoms with Crippen molar-refractivity contribution in [2.24, 2.45) is 0 Å². The van der Waals surface area contributed by atoms with Crippen LogP contribution in [0.1, 0.15) is 67.7 Å². The molecule has 2 bridgehead atoms. The zero-order chi connectivity index (χ0) is 20.8. The molecule has 0 aromatic carbocycles. The van der Waals surface area contributed by atoms with Gasteiger partial charge in [-0.1, -0.05) is 20.8 Å². The largest absolute Gasteiger partial charge is 0.460 e. The Morgan fingerprint density at radius 2 is 1.56 bits per heavy atom. The van der Waals surface area contributed by atoms with E-state index in [-0.39, 0.29) is 41.4 Å². The first-order valence-corrected chi connectivity index (χ1v) is 12.9. The maximum absolute atomic E-state index is 12.9. The summed E-state index contributed by atoms with van der Waals surface area (Å²) in [5.74, 6) is -0.307. The molecule has 4 atom stereocenters. The molecule has 7 heteroatoms. The molecule has 0 aliphatic carbocycles. The fourth-order valence-corrected chi connectivity index (χ4v) is 5.12. The van der Waals surface area contributed by atoms with E-state index in [1.54, 1.807) is 4.90 Å². The van der Waals surface area contributed by atoms with Crippen LogP contribution in [0, 0.1) is 0 Å². The van der Waals surface area contributed by atoms with Crippen molar-refractivity contribution in [2.45, 2.75) is 116 Å². The molecule has 156 valence electrons. The topological polar surface area (TPSA) is 65.1 Å². The molecule has 2 aliphatic rings. The minimum absolute atomic E-state index is 0.0461. The van der Waals surface area contributed by atoms with Crippen LogP contribution < -0.4 is 0 Å². The molecule has 2 rings (SSSR count). The molecule has 2 saturated heterocycles. The first kappa shape index (κ1) is 22.2. The van der Waals surface area contributed by atoms with E-state index in [9.17, 15) is 9.59 Å². The molecule has 1 amide bonds. The fraction of sp³-hybridized carbons (Fsp3) is 0.900. The van der Waals surface area contributed by atoms with Crippen molar-refractivity contribution >= 4 is 20.4 Å². The monoisotopic (exact) mass is 399 g/mol. The molecule has 0 saturated carbocycles. The highest BCUT2D eigenvalue weighted by molar-refractivity contribution is 6.74. The number of fused-ring (bicyclic) bond motifs is 2. The van der Waals surface area contributed by atoms with Gasteiger partial charge in [-0.3, -0.25) is 9.69 Å². The predicted molar refractivity (Wildman–Crippen MR) is 107 cm³/mol. The second kappa shape index (κ2) is 7.39. The predicted octanol–water partition coefficient (Wildman–Crippen LogP) is 4.48. The lowest BCUT2D eigenvalue weighted by Gasteiger charge is -2.45. The number of hydrogen-bond donors (Lipinski definition) is 0. The van der Waals surface area contributed by atoms with Gasteiger partial charge in [-0.2, -0.15) is 0 Å². The number of piperidine rings is 1. The Bertz CT molecular complexity index is 578. The zero-order valence-electron chi connectivity index (χ0n) is 18.4. The molecule has 0 N–H and O–H groups in total. The molecule has 0 radical (unpaired) electrons. The number of amides is 1. The van der Waals surface area contributed by atoms with Gasteiger partial charge in [-0.05, 0) is 51.7 Å². The van der Waals surface area contributed by atoms with Gasteiger partial charge in [0.2, 0.25) is 0 Å². The van der Waals surface area contributed by atoms with Gasteiger partial charge in [0.1, 0.15) is 11.7 Å². The minimum Gasteiger partial charge on any atom is -0.460 e. The van der Waals surface area contributed by atoms with Crippen molar-refractivity contribution in [3.8, 4) is 0 Å². The number of hydrogen-bond acceptors (Lipinski definition) is 5. The van der Waals surface area contributed by atoms with Crippen LogP contribution in [0.4, 0.5) is 4.79 Å². The molecular weight excluding hydrogens is 362 g/mol. The Hall–Kier alpha value is -1.08. The van der Waals surface area contributed by atoms with Gasteiger partial charge in [0.15, 0.2) is 8.32 Å². The normalized spacial score (nSPS) is 28.9. The third kappa shape index (κ3) is 5.05. The van der Waals surface area contributed by atoms with Crippen LogP contribution in [0.25, 0.3) is 0 Å². The van der Waals surface area contributed by atoms with Crippen LogP contribution in [0.15, 0.2) is 0 Å². The summed E-state index contributed by atoms with van der Waals surface area (Å²) >= 11 is 0. The Balaban J connectivity index is 2.26. The van der Waals surface area contributed by atoms with E-state index >= 15 is 0 Å². The molecular formula is C20H37NO5Si. The van der Waals surface area contributed by atoms with Gasteiger partial charge in [-0.25, -0.2) is 4.79 Å². The van der Waals surface area contributed by atoms with Crippen LogP contribution in [-0.4, -0.2) is 55.2 Å². The van der Waals surface area contributed by atoms with Gasteiger partial charge in [0, 0.05) is 13.3 Å². The Morgan fingerprint density at radius 3 is 2.04 bits per heavy atom. The van der Waals surface area contributed by atoms with Crippen molar-refractivity contribution in [3.05, 3.63) is 0 Å². The molecule has 0 aromatic rings. The van der Waals surface area contributed by atoms with E-state index in [2.05, 4.69) is 33.9 Å². The van der Waals surface area contributed by atoms with Gasteiger partial charge < -0.3 is 13.9 Å². The lowest BCUT2D eigenvalue weighted by atomic mass is 10.0. The lowest BCUT2D eigenvalue weighted by molar-refractivity contribution is -0.147. The number of nitrogens with zero attached hydrogens (tertiary/aromatic N) is 1. The maximum atomic E-state index is 12.9. The summed E-state index contributed by atoms with van der Waals surface area (Å²) < 4.78 is 17.9. The van der Waals surface area contributed by atoms with Gasteiger partial charge in [0.05, 0.1) is 18.2 Å². The minimum atomic E-state index is -1.98. The molecule has 0 unspecified atom stereocenters. The number of carbonyl (C=O) groups is 2. The van der Waals surface area contributed by atoms with Crippen molar-refractivity contribution in [1.82, 2.24) is 4.90 Å². The Labute approximate surface area is 165 Å². The summed E-state index contributed by atoms with van der Waals surface area (Å²) in [6.07, 6.45) is 1.58. The van der Waals surface area contributed by atoms with E-state index in [4.69, 9.17) is 13.9 Å². The second-order valence-corrected chi connectivity index (χ2v) is 15.2. The highest BCUT2D eigenvalue weighted by atomic mass is 28.4. The average molecular weight is 400 g/mol. The van der Waals surface area contributed by atoms with Crippen molar-refractivity contribution in [3.63, 3.8) is 0 Å². The smallest absolute Gasteiger partial charge is 0.411 e. The lowest BCUT2D eigenvalue weighted by Crippen LogP contribution is -2.56. The number of carbonyl (C=O) groups excluding carboxylic acids is 2. The van der Waals surface area contributed by atoms with Crippen molar-refractivity contribution < 1.29 is 23.5 Å². The highest BCUT2D eigenvalue weighted by Gasteiger charge is 2.54. The summed E-state index contributed by atoms with van der Waals surface area (Å²) in [4.78, 5) is 26.3. The van der Waals surface area contributed by atoms with Crippen molar-refractivity contribution in [1.29, 1.82) is 0 Å². The van der Waals surface area contributed by atoms with Crippen molar-refractivity contribution in [2.75, 3.05) is 0 Å². The Kier molecular flexibility index (Phi) is 6.08. The summed E-state index contributed by atoms with van der Waals surface area (Å²) in [7, 11) is -1.98. The van der Waals surface area contributed by atoms with Crippen LogP contribution in [-0.2, 0) is 18.7 Å². The zero-order valence-corrected chi connectivity index (χ0v) is 19.4. The van der Waals surface area contributed by atoms with Crippen LogP contribution in [0.3, 0.4) is 0 Å². The number of esters is 1. The molecule has 27 heavy (non-hydrogen) atoms. The van der Waals surface area contributed by atoms with Gasteiger partial charge in [-0.15, -0.1) is 0 Å². The van der Waals surface area contributed by atoms with E-state index < -0.39 is 13.9 Å². The van der Waals surface area contributed by atoms with E-state index in [0.717, 1.165) is 12.8 Å². The third-order valence-corrected chi connectivity index (χ3v) is 10.5. The van der Waals surface area contributed by atoms with Crippen LogP contribution in [0.5, 0.6) is 0 Å². The molecule has 2 heterocycles. The molecule has 2 fully saturated rings. The third-order valence-electron chi connectivity index (χ3n) is 5.97. The van der Waals surface area contributed by atoms with Gasteiger partial charge in [0.25, 0.3) is 0 Å². The van der Waals surface area contributed by atoms with E-state index in [1.165, 1.54) is 6.92 Å². The summed E-state index contributed by atoms with van der Waals surface area (Å²) in [5.41, 5.74) is -0.569. The first-order chi connectivity index (χ1) is 12.1. The summed E-state index contributed by atoms with van der Waals surface area (Å²) in [5, 5.41) is 0.0918. The summed E-state index contributed by atoms with van der Waals surface area (Å²) in [6.45, 7) is 18.1. The quantitative estimate of drug-likeness (QED) is 0.517. The molecule has 0 aromatic heterocycles. The van der Waals surface area contributed by atoms with E-state index in [1.807, 2.05) is 20.8 Å². The van der Waals surface area contributed by atoms with Crippen LogP contribution >= 0.6 is 0 Å². The average Bonchev–Trinajstić information content (AvgIpc) is 2.70. The standard InChI is InChI=1S/C20H37NO5Si/c1-13(22)24-17-12-15-16(26-27(8,9)20(5,6)7)11-10-14(17)21(15)18(23)25-19(2,3)4/h14-17H,10-12H2,1-9H3/t14-,15-,16+,17+/m1/s1. The number of ether oxygens (including phenoxy) is 2. The maximum Gasteiger partial charge on any atom is 0.411 e. The fourth-order valence-electron chi connectivity index (χ4n) is 3.73. The SMILES string of the molecule is CC(=O)O[C@H]1C[C@@H]2[C@@H](O[Si](C)(C)C(C)(C)C)CC[C@H]1N2C(=O)OC(C)(C)C. The molecule has 2 aliphatic heterocycles.